The summed E-state index contributed by atoms with van der Waals surface area (Å²) in [4.78, 5) is 54.1. The molecule has 0 aliphatic carbocycles. The third-order valence-electron chi connectivity index (χ3n) is 4.36. The standard InChI is InChI=1S/C13H23N6O12P3.4Li/c1-6(2)18-8-10(20)7(3-28-33(24,25)31-34(26,27)30-32(21,22)23)29-13(8)19-5-17-9-11(14)15-4-16-12(9)19;;;;/h4-8,10,13,18,20H,3H2,1-2H3,(H,24,25)(H,26,27)(H2,14,15,16)(H2,21,22,23);;;;/q;4*+1/p-3/t7-,8?,10+,13-;;;;/m1..../s1. The Morgan fingerprint density at radius 3 is 2.26 bits per heavy atom. The van der Waals surface area contributed by atoms with Crippen LogP contribution in [0.25, 0.3) is 11.2 Å². The molecule has 2 aromatic rings. The number of nitrogens with zero attached hydrogens (tertiary/aromatic N) is 4. The first kappa shape index (κ1) is 41.2. The summed E-state index contributed by atoms with van der Waals surface area (Å²) in [6.45, 7) is 2.62. The Morgan fingerprint density at radius 2 is 1.71 bits per heavy atom. The fraction of sp³-hybridized carbons (Fsp3) is 0.615. The molecule has 4 unspecified atom stereocenters. The summed E-state index contributed by atoms with van der Waals surface area (Å²) in [7, 11) is -17.7. The van der Waals surface area contributed by atoms with Gasteiger partial charge in [-0.25, -0.2) is 23.6 Å². The first-order valence-electron chi connectivity index (χ1n) is 9.34. The van der Waals surface area contributed by atoms with Gasteiger partial charge in [0.15, 0.2) is 17.7 Å². The molecule has 1 aliphatic rings. The van der Waals surface area contributed by atoms with Crippen molar-refractivity contribution < 1.29 is 132 Å². The number of nitrogens with one attached hydrogen (secondary N) is 1. The molecule has 192 valence electrons. The number of ether oxygens (including phenoxy) is 1. The number of anilines is 1. The second kappa shape index (κ2) is 16.0. The predicted molar refractivity (Wildman–Crippen MR) is 105 cm³/mol. The number of nitrogen functional groups attached to an aromatic ring is 1. The maximum absolute atomic E-state index is 11.8. The molecule has 1 saturated heterocycles. The minimum absolute atomic E-state index is 0. The Labute approximate surface area is 264 Å². The average Bonchev–Trinajstić information content (AvgIpc) is 3.20. The molecule has 3 rings (SSSR count). The van der Waals surface area contributed by atoms with Gasteiger partial charge in [0.2, 0.25) is 0 Å². The van der Waals surface area contributed by atoms with E-state index in [9.17, 15) is 33.5 Å². The van der Waals surface area contributed by atoms with Gasteiger partial charge in [0.1, 0.15) is 24.1 Å². The first-order chi connectivity index (χ1) is 15.6. The van der Waals surface area contributed by atoms with E-state index in [1.165, 1.54) is 17.2 Å². The molecule has 2 aromatic heterocycles. The van der Waals surface area contributed by atoms with Crippen LogP contribution in [0.5, 0.6) is 0 Å². The zero-order chi connectivity index (χ0) is 25.5. The minimum atomic E-state index is -6.06. The van der Waals surface area contributed by atoms with Gasteiger partial charge in [0.25, 0.3) is 23.5 Å². The van der Waals surface area contributed by atoms with Crippen LogP contribution in [0.3, 0.4) is 0 Å². The van der Waals surface area contributed by atoms with Gasteiger partial charge in [-0.2, -0.15) is 0 Å². The number of aliphatic hydroxyl groups excluding tert-OH is 1. The van der Waals surface area contributed by atoms with Gasteiger partial charge in [0, 0.05) is 6.04 Å². The molecule has 38 heavy (non-hydrogen) atoms. The first-order valence-corrected chi connectivity index (χ1v) is 13.8. The zero-order valence-electron chi connectivity index (χ0n) is 21.4. The maximum Gasteiger partial charge on any atom is 1.00 e. The molecule has 1 fully saturated rings. The van der Waals surface area contributed by atoms with Crippen molar-refractivity contribution in [1.29, 1.82) is 0 Å². The predicted octanol–water partition coefficient (Wildman–Crippen LogP) is -14.5. The van der Waals surface area contributed by atoms with Crippen molar-refractivity contribution in [1.82, 2.24) is 24.8 Å². The van der Waals surface area contributed by atoms with Gasteiger partial charge in [-0.05, 0) is 0 Å². The quantitative estimate of drug-likeness (QED) is 0.152. The number of phosphoric acid groups is 3. The maximum atomic E-state index is 11.8. The fourth-order valence-corrected chi connectivity index (χ4v) is 6.09. The van der Waals surface area contributed by atoms with Crippen LogP contribution in [0.15, 0.2) is 12.7 Å². The van der Waals surface area contributed by atoms with Crippen molar-refractivity contribution in [3.8, 4) is 0 Å². The van der Waals surface area contributed by atoms with E-state index in [4.69, 9.17) is 15.4 Å². The monoisotopic (exact) mass is 573 g/mol. The largest absolute Gasteiger partial charge is 1.00 e. The zero-order valence-corrected chi connectivity index (χ0v) is 24.1. The molecule has 1 aliphatic heterocycles. The topological polar surface area (TPSA) is 279 Å². The van der Waals surface area contributed by atoms with Crippen LogP contribution in [-0.4, -0.2) is 60.4 Å². The van der Waals surface area contributed by atoms with Crippen molar-refractivity contribution in [2.24, 2.45) is 0 Å². The molecule has 25 heteroatoms. The smallest absolute Gasteiger partial charge is 0.756 e. The Morgan fingerprint density at radius 1 is 1.11 bits per heavy atom. The number of aromatic nitrogens is 4. The number of nitrogens with two attached hydrogens (primary N) is 1. The molecule has 5 N–H and O–H groups in total. The number of rotatable bonds is 10. The molecule has 18 nitrogen and oxygen atoms in total. The number of imidazole rings is 1. The van der Waals surface area contributed by atoms with Crippen LogP contribution < -0.4 is 101 Å². The van der Waals surface area contributed by atoms with Crippen LogP contribution in [0.1, 0.15) is 20.1 Å². The van der Waals surface area contributed by atoms with Gasteiger partial charge < -0.3 is 45.0 Å². The van der Waals surface area contributed by atoms with E-state index in [1.54, 1.807) is 13.8 Å². The third kappa shape index (κ3) is 11.0. The van der Waals surface area contributed by atoms with Crippen LogP contribution in [0.2, 0.25) is 0 Å². The summed E-state index contributed by atoms with van der Waals surface area (Å²) in [6.07, 6.45) is -1.22. The fourth-order valence-electron chi connectivity index (χ4n) is 3.19. The van der Waals surface area contributed by atoms with E-state index in [0.717, 1.165) is 0 Å². The average molecular weight is 573 g/mol. The van der Waals surface area contributed by atoms with E-state index >= 15 is 0 Å². The van der Waals surface area contributed by atoms with Gasteiger partial charge >= 0.3 is 75.4 Å². The number of aliphatic hydroxyl groups is 1. The van der Waals surface area contributed by atoms with Crippen LogP contribution >= 0.6 is 23.5 Å². The van der Waals surface area contributed by atoms with Gasteiger partial charge in [-0.15, -0.1) is 0 Å². The SMILES string of the molecule is CC(C)NC1[C@@H](O)[C@@H](COP(=O)([O-])OP(=O)([O-])OP(=O)([O-])O)O[C@H]1n1cnc2c(N)ncnc21.[Li+].[Li+].[Li+].[Li+]. The summed E-state index contributed by atoms with van der Waals surface area (Å²) < 4.78 is 52.1. The van der Waals surface area contributed by atoms with E-state index in [1.807, 2.05) is 0 Å². The molecular weight excluding hydrogens is 553 g/mol. The van der Waals surface area contributed by atoms with Gasteiger partial charge in [0.05, 0.1) is 19.0 Å². The molecular formula is C13H20Li4N6O12P3+. The number of hydrogen-bond donors (Lipinski definition) is 4. The van der Waals surface area contributed by atoms with E-state index in [0.29, 0.717) is 0 Å². The van der Waals surface area contributed by atoms with Crippen molar-refractivity contribution in [3.63, 3.8) is 0 Å². The summed E-state index contributed by atoms with van der Waals surface area (Å²) in [5.41, 5.74) is 6.29. The molecule has 0 bridgehead atoms. The molecule has 0 radical (unpaired) electrons. The van der Waals surface area contributed by atoms with Crippen molar-refractivity contribution in [2.75, 3.05) is 12.3 Å². The van der Waals surface area contributed by atoms with Gasteiger partial charge in [-0.3, -0.25) is 18.3 Å². The van der Waals surface area contributed by atoms with Crippen molar-refractivity contribution in [3.05, 3.63) is 12.7 Å². The summed E-state index contributed by atoms with van der Waals surface area (Å²) >= 11 is 0. The van der Waals surface area contributed by atoms with Gasteiger partial charge in [-0.1, -0.05) is 13.8 Å². The molecule has 0 aromatic carbocycles. The minimum Gasteiger partial charge on any atom is -0.756 e. The molecule has 3 heterocycles. The second-order valence-electron chi connectivity index (χ2n) is 7.31. The molecule has 0 amide bonds. The van der Waals surface area contributed by atoms with Crippen LogP contribution in [0.4, 0.5) is 5.82 Å². The number of fused-ring (bicyclic) bond motifs is 1. The van der Waals surface area contributed by atoms with E-state index in [-0.39, 0.29) is 98.5 Å². The summed E-state index contributed by atoms with van der Waals surface area (Å²) in [5, 5.41) is 13.8. The second-order valence-corrected chi connectivity index (χ2v) is 11.6. The summed E-state index contributed by atoms with van der Waals surface area (Å²) in [6, 6.07) is -1.01. The Hall–Kier alpha value is 1.03. The molecule has 0 spiro atoms. The Bertz CT molecular complexity index is 1190. The Kier molecular flexibility index (Phi) is 17.4. The van der Waals surface area contributed by atoms with Crippen molar-refractivity contribution in [2.45, 2.75) is 44.4 Å². The van der Waals surface area contributed by atoms with E-state index < -0.39 is 54.6 Å². The van der Waals surface area contributed by atoms with Crippen LogP contribution in [-0.2, 0) is 31.6 Å². The third-order valence-corrected chi connectivity index (χ3v) is 8.05. The molecule has 0 saturated carbocycles. The number of hydrogen-bond acceptors (Lipinski definition) is 16. The summed E-state index contributed by atoms with van der Waals surface area (Å²) in [5.74, 6) is 0.0924. The van der Waals surface area contributed by atoms with Crippen molar-refractivity contribution >= 4 is 40.4 Å². The van der Waals surface area contributed by atoms with E-state index in [2.05, 4.69) is 33.4 Å². The Balaban J connectivity index is 0. The number of phosphoric ester groups is 1. The van der Waals surface area contributed by atoms with Crippen LogP contribution in [0, 0.1) is 0 Å². The molecule has 7 atom stereocenters. The normalized spacial score (nSPS) is 25.6.